The molecule has 0 spiro atoms. The van der Waals surface area contributed by atoms with Crippen LogP contribution in [0.1, 0.15) is 47.7 Å². The van der Waals surface area contributed by atoms with E-state index < -0.39 is 9.84 Å². The lowest BCUT2D eigenvalue weighted by atomic mass is 10.0. The molecule has 10 heteroatoms. The summed E-state index contributed by atoms with van der Waals surface area (Å²) in [7, 11) is -1.45. The first-order valence-electron chi connectivity index (χ1n) is 12.5. The molecular formula is C27H35ClFNO6S. The number of nitrogens with zero attached hydrogens (tertiary/aromatic N) is 1. The molecule has 1 saturated heterocycles. The van der Waals surface area contributed by atoms with Gasteiger partial charge in [0, 0.05) is 19.6 Å². The van der Waals surface area contributed by atoms with Gasteiger partial charge in [-0.15, -0.1) is 0 Å². The number of carbonyl (C=O) groups excluding carboxylic acids is 1. The molecule has 7 nitrogen and oxygen atoms in total. The van der Waals surface area contributed by atoms with Crippen LogP contribution in [-0.4, -0.2) is 70.6 Å². The van der Waals surface area contributed by atoms with Gasteiger partial charge in [0.15, 0.2) is 27.1 Å². The quantitative estimate of drug-likeness (QED) is 0.257. The molecule has 0 saturated carbocycles. The molecule has 204 valence electrons. The average Bonchev–Trinajstić information content (AvgIpc) is 2.85. The van der Waals surface area contributed by atoms with Crippen LogP contribution in [0.4, 0.5) is 4.39 Å². The summed E-state index contributed by atoms with van der Waals surface area (Å²) in [4.78, 5) is 14.7. The van der Waals surface area contributed by atoms with E-state index in [4.69, 9.17) is 25.8 Å². The Morgan fingerprint density at radius 3 is 2.32 bits per heavy atom. The van der Waals surface area contributed by atoms with Gasteiger partial charge in [0.25, 0.3) is 0 Å². The lowest BCUT2D eigenvalue weighted by molar-refractivity contribution is 0.101. The monoisotopic (exact) mass is 555 g/mol. The maximum atomic E-state index is 13.9. The number of unbranched alkanes of at least 4 members (excludes halogenated alkanes) is 1. The van der Waals surface area contributed by atoms with Gasteiger partial charge in [-0.1, -0.05) is 29.8 Å². The second kappa shape index (κ2) is 13.4. The molecule has 2 aromatic carbocycles. The average molecular weight is 556 g/mol. The van der Waals surface area contributed by atoms with Gasteiger partial charge >= 0.3 is 0 Å². The number of methoxy groups -OCH3 is 1. The number of hydrogen-bond donors (Lipinski definition) is 0. The highest BCUT2D eigenvalue weighted by atomic mass is 35.5. The highest BCUT2D eigenvalue weighted by molar-refractivity contribution is 7.91. The molecule has 1 aliphatic rings. The van der Waals surface area contributed by atoms with Gasteiger partial charge in [0.1, 0.15) is 5.82 Å². The summed E-state index contributed by atoms with van der Waals surface area (Å²) in [5, 5.41) is 0.288. The molecule has 37 heavy (non-hydrogen) atoms. The van der Waals surface area contributed by atoms with Crippen molar-refractivity contribution in [3.05, 3.63) is 51.8 Å². The van der Waals surface area contributed by atoms with E-state index in [1.807, 2.05) is 6.07 Å². The predicted molar refractivity (Wildman–Crippen MR) is 143 cm³/mol. The van der Waals surface area contributed by atoms with Crippen LogP contribution in [0.15, 0.2) is 24.3 Å². The van der Waals surface area contributed by atoms with Crippen molar-refractivity contribution in [1.82, 2.24) is 4.90 Å². The van der Waals surface area contributed by atoms with Gasteiger partial charge in [-0.25, -0.2) is 12.8 Å². The summed E-state index contributed by atoms with van der Waals surface area (Å²) < 4.78 is 54.9. The summed E-state index contributed by atoms with van der Waals surface area (Å²) in [6.07, 6.45) is 2.59. The Hall–Kier alpha value is -2.36. The van der Waals surface area contributed by atoms with Gasteiger partial charge < -0.3 is 19.1 Å². The molecule has 0 unspecified atom stereocenters. The van der Waals surface area contributed by atoms with Crippen LogP contribution >= 0.6 is 11.6 Å². The van der Waals surface area contributed by atoms with Crippen LogP contribution in [0, 0.1) is 12.7 Å². The molecule has 3 rings (SSSR count). The Bertz CT molecular complexity index is 1190. The molecule has 2 aromatic rings. The number of hydrogen-bond acceptors (Lipinski definition) is 7. The third-order valence-corrected chi connectivity index (χ3v) is 8.51. The molecule has 0 atom stereocenters. The standard InChI is InChI=1S/C27H35ClFNO6S/c1-19-23(20(2)31)25(35-16-8-12-30-13-17-37(32,33)18-14-30)27(26(34-3)24(19)28)36-15-7-6-10-21-9-4-5-11-22(21)29/h4-5,9,11H,6-8,10,12-18H2,1-3H3. The zero-order chi connectivity index (χ0) is 27.0. The third-order valence-electron chi connectivity index (χ3n) is 6.45. The normalized spacial score (nSPS) is 15.4. The van der Waals surface area contributed by atoms with Crippen LogP contribution < -0.4 is 14.2 Å². The number of aryl methyl sites for hydroxylation is 1. The van der Waals surface area contributed by atoms with Crippen molar-refractivity contribution >= 4 is 27.2 Å². The number of ketones is 1. The topological polar surface area (TPSA) is 82.1 Å². The molecule has 0 aromatic heterocycles. The van der Waals surface area contributed by atoms with Crippen LogP contribution in [0.3, 0.4) is 0 Å². The molecule has 0 radical (unpaired) electrons. The summed E-state index contributed by atoms with van der Waals surface area (Å²) >= 11 is 6.53. The second-order valence-electron chi connectivity index (χ2n) is 9.15. The summed E-state index contributed by atoms with van der Waals surface area (Å²) in [5.41, 5.74) is 1.55. The minimum Gasteiger partial charge on any atom is -0.491 e. The largest absolute Gasteiger partial charge is 0.491 e. The van der Waals surface area contributed by atoms with Gasteiger partial charge in [0.05, 0.1) is 42.4 Å². The lowest BCUT2D eigenvalue weighted by Crippen LogP contribution is -2.40. The SMILES string of the molecule is COc1c(Cl)c(C)c(C(C)=O)c(OCCCN2CCS(=O)(=O)CC2)c1OCCCCc1ccccc1F. The summed E-state index contributed by atoms with van der Waals surface area (Å²) in [5.74, 6) is 0.788. The van der Waals surface area contributed by atoms with Crippen LogP contribution in [0.2, 0.25) is 5.02 Å². The lowest BCUT2D eigenvalue weighted by Gasteiger charge is -2.26. The van der Waals surface area contributed by atoms with Crippen LogP contribution in [-0.2, 0) is 16.3 Å². The first kappa shape index (κ1) is 29.2. The Kier molecular flexibility index (Phi) is 10.6. The van der Waals surface area contributed by atoms with E-state index in [0.29, 0.717) is 86.7 Å². The molecule has 1 aliphatic heterocycles. The Morgan fingerprint density at radius 1 is 1.03 bits per heavy atom. The Morgan fingerprint density at radius 2 is 1.68 bits per heavy atom. The Labute approximate surface area is 223 Å². The van der Waals surface area contributed by atoms with Gasteiger partial charge in [-0.05, 0) is 56.7 Å². The maximum absolute atomic E-state index is 13.9. The first-order chi connectivity index (χ1) is 17.6. The van der Waals surface area contributed by atoms with Crippen molar-refractivity contribution < 1.29 is 31.8 Å². The van der Waals surface area contributed by atoms with E-state index in [0.717, 1.165) is 0 Å². The van der Waals surface area contributed by atoms with Gasteiger partial charge in [-0.3, -0.25) is 4.79 Å². The highest BCUT2D eigenvalue weighted by Crippen LogP contribution is 2.48. The van der Waals surface area contributed by atoms with E-state index in [-0.39, 0.29) is 33.9 Å². The van der Waals surface area contributed by atoms with Gasteiger partial charge in [0.2, 0.25) is 5.75 Å². The summed E-state index contributed by atoms with van der Waals surface area (Å²) in [6.45, 7) is 5.50. The van der Waals surface area contributed by atoms with Crippen molar-refractivity contribution in [2.75, 3.05) is 51.5 Å². The minimum absolute atomic E-state index is 0.171. The number of carbonyl (C=O) groups is 1. The number of benzene rings is 2. The fraction of sp³-hybridized carbons (Fsp3) is 0.519. The van der Waals surface area contributed by atoms with E-state index >= 15 is 0 Å². The van der Waals surface area contributed by atoms with E-state index in [1.54, 1.807) is 19.1 Å². The fourth-order valence-corrected chi connectivity index (χ4v) is 5.91. The van der Waals surface area contributed by atoms with E-state index in [1.165, 1.54) is 20.1 Å². The fourth-order valence-electron chi connectivity index (χ4n) is 4.37. The van der Waals surface area contributed by atoms with Crippen molar-refractivity contribution in [1.29, 1.82) is 0 Å². The highest BCUT2D eigenvalue weighted by Gasteiger charge is 2.27. The molecule has 0 N–H and O–H groups in total. The smallest absolute Gasteiger partial charge is 0.205 e. The minimum atomic E-state index is -2.93. The number of Topliss-reactive ketones (excluding diaryl/α,β-unsaturated/α-hetero) is 1. The maximum Gasteiger partial charge on any atom is 0.205 e. The van der Waals surface area contributed by atoms with Gasteiger partial charge in [-0.2, -0.15) is 0 Å². The number of halogens is 2. The number of rotatable bonds is 13. The zero-order valence-electron chi connectivity index (χ0n) is 21.6. The second-order valence-corrected chi connectivity index (χ2v) is 11.8. The molecule has 1 heterocycles. The molecule has 0 bridgehead atoms. The molecule has 1 fully saturated rings. The van der Waals surface area contributed by atoms with Crippen LogP contribution in [0.25, 0.3) is 0 Å². The molecule has 0 aliphatic carbocycles. The molecule has 0 amide bonds. The predicted octanol–water partition coefficient (Wildman–Crippen LogP) is 4.90. The Balaban J connectivity index is 1.68. The van der Waals surface area contributed by atoms with Crippen molar-refractivity contribution in [2.45, 2.75) is 39.5 Å². The first-order valence-corrected chi connectivity index (χ1v) is 14.7. The van der Waals surface area contributed by atoms with Crippen molar-refractivity contribution in [3.63, 3.8) is 0 Å². The number of ether oxygens (including phenoxy) is 3. The van der Waals surface area contributed by atoms with Crippen LogP contribution in [0.5, 0.6) is 17.2 Å². The number of sulfone groups is 1. The van der Waals surface area contributed by atoms with E-state index in [2.05, 4.69) is 4.90 Å². The van der Waals surface area contributed by atoms with Crippen molar-refractivity contribution in [2.24, 2.45) is 0 Å². The molecular weight excluding hydrogens is 521 g/mol. The third kappa shape index (κ3) is 7.82. The zero-order valence-corrected chi connectivity index (χ0v) is 23.2. The van der Waals surface area contributed by atoms with E-state index in [9.17, 15) is 17.6 Å². The van der Waals surface area contributed by atoms with Crippen molar-refractivity contribution in [3.8, 4) is 17.2 Å². The summed E-state index contributed by atoms with van der Waals surface area (Å²) in [6, 6.07) is 6.70.